The van der Waals surface area contributed by atoms with Crippen LogP contribution in [0, 0.1) is 6.92 Å². The van der Waals surface area contributed by atoms with Crippen molar-refractivity contribution in [3.8, 4) is 5.75 Å². The van der Waals surface area contributed by atoms with Crippen molar-refractivity contribution in [2.24, 2.45) is 0 Å². The smallest absolute Gasteiger partial charge is 0.126 e. The second-order valence-electron chi connectivity index (χ2n) is 4.28. The van der Waals surface area contributed by atoms with Gasteiger partial charge in [-0.05, 0) is 18.1 Å². The van der Waals surface area contributed by atoms with Gasteiger partial charge in [-0.25, -0.2) is 0 Å². The normalized spacial score (nSPS) is 10.3. The molecule has 0 spiro atoms. The largest absolute Gasteiger partial charge is 0.493 e. The summed E-state index contributed by atoms with van der Waals surface area (Å²) >= 11 is 5.92. The number of hydrogen-bond acceptors (Lipinski definition) is 1. The molecule has 0 heterocycles. The minimum atomic E-state index is 0.488. The first-order chi connectivity index (χ1) is 8.81. The van der Waals surface area contributed by atoms with Gasteiger partial charge in [0.1, 0.15) is 5.75 Å². The molecule has 2 aromatic carbocycles. The lowest BCUT2D eigenvalue weighted by molar-refractivity contribution is 0.317. The van der Waals surface area contributed by atoms with E-state index in [9.17, 15) is 0 Å². The first-order valence-corrected chi connectivity index (χ1v) is 6.66. The van der Waals surface area contributed by atoms with Crippen molar-refractivity contribution in [2.75, 3.05) is 6.61 Å². The number of halogens is 1. The summed E-state index contributed by atoms with van der Waals surface area (Å²) in [4.78, 5) is 0. The highest BCUT2D eigenvalue weighted by Crippen LogP contribution is 2.25. The lowest BCUT2D eigenvalue weighted by Gasteiger charge is -2.12. The Balaban J connectivity index is 1.98. The monoisotopic (exact) mass is 260 g/mol. The number of para-hydroxylation sites is 1. The van der Waals surface area contributed by atoms with Crippen molar-refractivity contribution in [1.82, 2.24) is 0 Å². The summed E-state index contributed by atoms with van der Waals surface area (Å²) in [5.74, 6) is 1.42. The van der Waals surface area contributed by atoms with Gasteiger partial charge in [-0.3, -0.25) is 0 Å². The van der Waals surface area contributed by atoms with E-state index in [-0.39, 0.29) is 0 Å². The fourth-order valence-corrected chi connectivity index (χ4v) is 2.15. The Hall–Kier alpha value is -1.47. The van der Waals surface area contributed by atoms with E-state index in [0.29, 0.717) is 12.5 Å². The van der Waals surface area contributed by atoms with Crippen molar-refractivity contribution in [3.63, 3.8) is 0 Å². The molecule has 0 atom stereocenters. The molecule has 0 amide bonds. The minimum Gasteiger partial charge on any atom is -0.493 e. The molecular weight excluding hydrogens is 244 g/mol. The summed E-state index contributed by atoms with van der Waals surface area (Å²) in [5, 5.41) is 0. The SMILES string of the molecule is Cc1cccc(CCl)c1OCCc1ccccc1. The Bertz CT molecular complexity index is 494. The summed E-state index contributed by atoms with van der Waals surface area (Å²) in [6.07, 6.45) is 0.914. The zero-order valence-electron chi connectivity index (χ0n) is 10.5. The molecule has 94 valence electrons. The topological polar surface area (TPSA) is 9.23 Å². The van der Waals surface area contributed by atoms with Gasteiger partial charge in [0.05, 0.1) is 12.5 Å². The van der Waals surface area contributed by atoms with Crippen molar-refractivity contribution < 1.29 is 4.74 Å². The highest BCUT2D eigenvalue weighted by molar-refractivity contribution is 6.17. The highest BCUT2D eigenvalue weighted by atomic mass is 35.5. The molecule has 0 fully saturated rings. The maximum atomic E-state index is 5.92. The van der Waals surface area contributed by atoms with E-state index >= 15 is 0 Å². The molecule has 18 heavy (non-hydrogen) atoms. The van der Waals surface area contributed by atoms with Crippen LogP contribution in [0.5, 0.6) is 5.75 Å². The van der Waals surface area contributed by atoms with Gasteiger partial charge in [-0.1, -0.05) is 48.5 Å². The Morgan fingerprint density at radius 1 is 1.00 bits per heavy atom. The van der Waals surface area contributed by atoms with E-state index in [1.807, 2.05) is 43.3 Å². The molecule has 0 saturated carbocycles. The van der Waals surface area contributed by atoms with Crippen LogP contribution in [0.3, 0.4) is 0 Å². The second kappa shape index (κ2) is 6.46. The predicted molar refractivity (Wildman–Crippen MR) is 76.4 cm³/mol. The van der Waals surface area contributed by atoms with E-state index in [0.717, 1.165) is 23.3 Å². The summed E-state index contributed by atoms with van der Waals surface area (Å²) in [6, 6.07) is 16.4. The van der Waals surface area contributed by atoms with E-state index in [2.05, 4.69) is 12.1 Å². The van der Waals surface area contributed by atoms with Gasteiger partial charge in [-0.15, -0.1) is 11.6 Å². The summed E-state index contributed by atoms with van der Waals surface area (Å²) in [6.45, 7) is 2.73. The van der Waals surface area contributed by atoms with E-state index in [1.54, 1.807) is 0 Å². The molecule has 1 nitrogen and oxygen atoms in total. The molecule has 0 unspecified atom stereocenters. The molecule has 0 N–H and O–H groups in total. The van der Waals surface area contributed by atoms with Crippen LogP contribution in [0.1, 0.15) is 16.7 Å². The Labute approximate surface area is 113 Å². The van der Waals surface area contributed by atoms with Crippen LogP contribution in [0.2, 0.25) is 0 Å². The van der Waals surface area contributed by atoms with E-state index in [1.165, 1.54) is 5.56 Å². The third-order valence-electron chi connectivity index (χ3n) is 2.92. The molecule has 2 aromatic rings. The van der Waals surface area contributed by atoms with Crippen molar-refractivity contribution in [3.05, 3.63) is 65.2 Å². The van der Waals surface area contributed by atoms with Crippen LogP contribution < -0.4 is 4.74 Å². The average molecular weight is 261 g/mol. The maximum Gasteiger partial charge on any atom is 0.126 e. The molecule has 0 aliphatic carbocycles. The lowest BCUT2D eigenvalue weighted by atomic mass is 10.1. The molecule has 2 rings (SSSR count). The van der Waals surface area contributed by atoms with E-state index in [4.69, 9.17) is 16.3 Å². The molecule has 0 aliphatic rings. The highest BCUT2D eigenvalue weighted by Gasteiger charge is 2.05. The van der Waals surface area contributed by atoms with Crippen molar-refractivity contribution in [2.45, 2.75) is 19.2 Å². The predicted octanol–water partition coefficient (Wildman–Crippen LogP) is 4.36. The molecule has 0 aromatic heterocycles. The fourth-order valence-electron chi connectivity index (χ4n) is 1.94. The van der Waals surface area contributed by atoms with Gasteiger partial charge >= 0.3 is 0 Å². The Kier molecular flexibility index (Phi) is 4.66. The first kappa shape index (κ1) is 13.0. The first-order valence-electron chi connectivity index (χ1n) is 6.12. The summed E-state index contributed by atoms with van der Waals surface area (Å²) in [5.41, 5.74) is 3.49. The Morgan fingerprint density at radius 2 is 1.78 bits per heavy atom. The van der Waals surface area contributed by atoms with Crippen LogP contribution in [0.25, 0.3) is 0 Å². The third-order valence-corrected chi connectivity index (χ3v) is 3.21. The summed E-state index contributed by atoms with van der Waals surface area (Å²) in [7, 11) is 0. The number of hydrogen-bond donors (Lipinski definition) is 0. The van der Waals surface area contributed by atoms with Crippen LogP contribution in [0.15, 0.2) is 48.5 Å². The zero-order valence-corrected chi connectivity index (χ0v) is 11.3. The third kappa shape index (κ3) is 3.27. The molecule has 0 radical (unpaired) electrons. The standard InChI is InChI=1S/C16H17ClO/c1-13-6-5-9-15(12-17)16(13)18-11-10-14-7-3-2-4-8-14/h2-9H,10-12H2,1H3. The molecule has 2 heteroatoms. The molecule has 0 aliphatic heterocycles. The van der Waals surface area contributed by atoms with Gasteiger partial charge < -0.3 is 4.74 Å². The Morgan fingerprint density at radius 3 is 2.50 bits per heavy atom. The van der Waals surface area contributed by atoms with E-state index < -0.39 is 0 Å². The van der Waals surface area contributed by atoms with Crippen LogP contribution >= 0.6 is 11.6 Å². The number of rotatable bonds is 5. The van der Waals surface area contributed by atoms with Gasteiger partial charge in [0.2, 0.25) is 0 Å². The number of ether oxygens (including phenoxy) is 1. The molecule has 0 saturated heterocycles. The average Bonchev–Trinajstić information content (AvgIpc) is 2.41. The number of alkyl halides is 1. The van der Waals surface area contributed by atoms with Crippen molar-refractivity contribution in [1.29, 1.82) is 0 Å². The number of aryl methyl sites for hydroxylation is 1. The quantitative estimate of drug-likeness (QED) is 0.726. The summed E-state index contributed by atoms with van der Waals surface area (Å²) < 4.78 is 5.88. The molecular formula is C16H17ClO. The zero-order chi connectivity index (χ0) is 12.8. The lowest BCUT2D eigenvalue weighted by Crippen LogP contribution is -2.04. The van der Waals surface area contributed by atoms with Gasteiger partial charge in [0.15, 0.2) is 0 Å². The van der Waals surface area contributed by atoms with Gasteiger partial charge in [0, 0.05) is 12.0 Å². The molecule has 0 bridgehead atoms. The fraction of sp³-hybridized carbons (Fsp3) is 0.250. The second-order valence-corrected chi connectivity index (χ2v) is 4.55. The van der Waals surface area contributed by atoms with Gasteiger partial charge in [0.25, 0.3) is 0 Å². The van der Waals surface area contributed by atoms with Gasteiger partial charge in [-0.2, -0.15) is 0 Å². The maximum absolute atomic E-state index is 5.92. The van der Waals surface area contributed by atoms with Crippen LogP contribution in [-0.2, 0) is 12.3 Å². The van der Waals surface area contributed by atoms with Crippen LogP contribution in [-0.4, -0.2) is 6.61 Å². The minimum absolute atomic E-state index is 0.488. The van der Waals surface area contributed by atoms with Crippen molar-refractivity contribution >= 4 is 11.6 Å². The number of benzene rings is 2. The van der Waals surface area contributed by atoms with Crippen LogP contribution in [0.4, 0.5) is 0 Å².